The van der Waals surface area contributed by atoms with Gasteiger partial charge in [-0.3, -0.25) is 14.5 Å². The highest BCUT2D eigenvalue weighted by molar-refractivity contribution is 5.94. The minimum atomic E-state index is -0.958. The van der Waals surface area contributed by atoms with Crippen molar-refractivity contribution in [3.63, 3.8) is 0 Å². The van der Waals surface area contributed by atoms with Crippen LogP contribution < -0.4 is 14.8 Å². The lowest BCUT2D eigenvalue weighted by molar-refractivity contribution is -0.138. The number of aliphatic carboxylic acids is 1. The van der Waals surface area contributed by atoms with Gasteiger partial charge in [-0.15, -0.1) is 12.4 Å². The molecule has 0 heterocycles. The van der Waals surface area contributed by atoms with E-state index in [1.165, 1.54) is 14.2 Å². The molecule has 8 heteroatoms. The molecule has 130 valence electrons. The molecular formula is C15H23ClN2O5. The number of carbonyl (C=O) groups excluding carboxylic acids is 1. The molecular weight excluding hydrogens is 324 g/mol. The summed E-state index contributed by atoms with van der Waals surface area (Å²) in [6, 6.07) is 5.07. The molecule has 0 aliphatic rings. The molecule has 0 radical (unpaired) electrons. The topological polar surface area (TPSA) is 88.1 Å². The maximum absolute atomic E-state index is 12.1. The summed E-state index contributed by atoms with van der Waals surface area (Å²) in [6.07, 6.45) is 0.767. The number of nitrogens with zero attached hydrogens (tertiary/aromatic N) is 1. The first-order valence-corrected chi connectivity index (χ1v) is 6.96. The highest BCUT2D eigenvalue weighted by Crippen LogP contribution is 2.28. The standard InChI is InChI=1S/C15H22N2O5.ClH/c1-4-7-17(10-15(19)20)9-14(18)16-12-8-11(21-2)5-6-13(12)22-3;/h5-6,8H,4,7,9-10H2,1-3H3,(H,16,18)(H,19,20);1H. The second kappa shape index (κ2) is 10.7. The maximum Gasteiger partial charge on any atom is 0.317 e. The molecule has 1 aromatic rings. The zero-order valence-electron chi connectivity index (χ0n) is 13.5. The van der Waals surface area contributed by atoms with Crippen LogP contribution in [-0.2, 0) is 9.59 Å². The predicted octanol–water partition coefficient (Wildman–Crippen LogP) is 1.86. The number of amides is 1. The molecule has 1 amide bonds. The smallest absolute Gasteiger partial charge is 0.317 e. The first kappa shape index (κ1) is 21.0. The van der Waals surface area contributed by atoms with Crippen molar-refractivity contribution in [2.24, 2.45) is 0 Å². The van der Waals surface area contributed by atoms with Gasteiger partial charge in [-0.05, 0) is 25.1 Å². The summed E-state index contributed by atoms with van der Waals surface area (Å²) < 4.78 is 10.3. The summed E-state index contributed by atoms with van der Waals surface area (Å²) in [7, 11) is 3.04. The number of anilines is 1. The van der Waals surface area contributed by atoms with Gasteiger partial charge in [0.25, 0.3) is 0 Å². The number of nitrogens with one attached hydrogen (secondary N) is 1. The third-order valence-electron chi connectivity index (χ3n) is 2.95. The molecule has 0 unspecified atom stereocenters. The molecule has 0 bridgehead atoms. The van der Waals surface area contributed by atoms with Crippen LogP contribution in [0.4, 0.5) is 5.69 Å². The number of halogens is 1. The van der Waals surface area contributed by atoms with Crippen molar-refractivity contribution in [2.75, 3.05) is 39.2 Å². The number of carboxylic acids is 1. The summed E-state index contributed by atoms with van der Waals surface area (Å²) >= 11 is 0. The number of methoxy groups -OCH3 is 2. The first-order chi connectivity index (χ1) is 10.5. The van der Waals surface area contributed by atoms with E-state index in [-0.39, 0.29) is 31.4 Å². The second-order valence-corrected chi connectivity index (χ2v) is 4.72. The maximum atomic E-state index is 12.1. The molecule has 0 saturated heterocycles. The number of carbonyl (C=O) groups is 2. The van der Waals surface area contributed by atoms with Gasteiger partial charge in [-0.2, -0.15) is 0 Å². The average molecular weight is 347 g/mol. The lowest BCUT2D eigenvalue weighted by Gasteiger charge is -2.19. The summed E-state index contributed by atoms with van der Waals surface area (Å²) in [5.74, 6) is -0.164. The number of carboxylic acid groups (broad SMARTS) is 1. The highest BCUT2D eigenvalue weighted by atomic mass is 35.5. The first-order valence-electron chi connectivity index (χ1n) is 6.96. The molecule has 0 atom stereocenters. The van der Waals surface area contributed by atoms with Gasteiger partial charge in [-0.25, -0.2) is 0 Å². The van der Waals surface area contributed by atoms with E-state index < -0.39 is 5.97 Å². The van der Waals surface area contributed by atoms with Crippen molar-refractivity contribution >= 4 is 30.0 Å². The van der Waals surface area contributed by atoms with Crippen molar-refractivity contribution in [2.45, 2.75) is 13.3 Å². The molecule has 0 spiro atoms. The van der Waals surface area contributed by atoms with Gasteiger partial charge < -0.3 is 19.9 Å². The van der Waals surface area contributed by atoms with Gasteiger partial charge in [0.1, 0.15) is 11.5 Å². The van der Waals surface area contributed by atoms with Crippen LogP contribution >= 0.6 is 12.4 Å². The molecule has 1 rings (SSSR count). The van der Waals surface area contributed by atoms with Crippen LogP contribution in [-0.4, -0.2) is 55.7 Å². The minimum Gasteiger partial charge on any atom is -0.497 e. The Bertz CT molecular complexity index is 525. The van der Waals surface area contributed by atoms with Gasteiger partial charge in [0.2, 0.25) is 5.91 Å². The SMILES string of the molecule is CCCN(CC(=O)O)CC(=O)Nc1cc(OC)ccc1OC.Cl. The second-order valence-electron chi connectivity index (χ2n) is 4.72. The Labute approximate surface area is 142 Å². The number of hydrogen-bond donors (Lipinski definition) is 2. The Morgan fingerprint density at radius 1 is 1.22 bits per heavy atom. The molecule has 23 heavy (non-hydrogen) atoms. The molecule has 0 aliphatic carbocycles. The molecule has 0 aromatic heterocycles. The summed E-state index contributed by atoms with van der Waals surface area (Å²) in [5.41, 5.74) is 0.485. The molecule has 1 aromatic carbocycles. The Morgan fingerprint density at radius 2 is 1.91 bits per heavy atom. The van der Waals surface area contributed by atoms with Crippen molar-refractivity contribution in [3.05, 3.63) is 18.2 Å². The zero-order chi connectivity index (χ0) is 16.5. The van der Waals surface area contributed by atoms with Gasteiger partial charge >= 0.3 is 5.97 Å². The number of rotatable bonds is 9. The molecule has 2 N–H and O–H groups in total. The van der Waals surface area contributed by atoms with E-state index >= 15 is 0 Å². The fourth-order valence-corrected chi connectivity index (χ4v) is 2.03. The van der Waals surface area contributed by atoms with Crippen LogP contribution in [0.2, 0.25) is 0 Å². The normalized spacial score (nSPS) is 9.91. The van der Waals surface area contributed by atoms with Crippen molar-refractivity contribution < 1.29 is 24.2 Å². The lowest BCUT2D eigenvalue weighted by atomic mass is 10.2. The molecule has 0 aliphatic heterocycles. The molecule has 0 fully saturated rings. The van der Waals surface area contributed by atoms with Gasteiger partial charge in [0, 0.05) is 6.07 Å². The van der Waals surface area contributed by atoms with Crippen LogP contribution in [0.15, 0.2) is 18.2 Å². The predicted molar refractivity (Wildman–Crippen MR) is 89.8 cm³/mol. The number of benzene rings is 1. The monoisotopic (exact) mass is 346 g/mol. The largest absolute Gasteiger partial charge is 0.497 e. The van der Waals surface area contributed by atoms with Crippen molar-refractivity contribution in [3.8, 4) is 11.5 Å². The summed E-state index contributed by atoms with van der Waals surface area (Å²) in [6.45, 7) is 2.30. The summed E-state index contributed by atoms with van der Waals surface area (Å²) in [5, 5.41) is 11.6. The highest BCUT2D eigenvalue weighted by Gasteiger charge is 2.15. The third kappa shape index (κ3) is 7.21. The van der Waals surface area contributed by atoms with Crippen molar-refractivity contribution in [1.29, 1.82) is 0 Å². The summed E-state index contributed by atoms with van der Waals surface area (Å²) in [4.78, 5) is 24.5. The third-order valence-corrected chi connectivity index (χ3v) is 2.95. The average Bonchev–Trinajstić information content (AvgIpc) is 2.46. The fourth-order valence-electron chi connectivity index (χ4n) is 2.03. The minimum absolute atomic E-state index is 0. The molecule has 7 nitrogen and oxygen atoms in total. The Balaban J connectivity index is 0.00000484. The van der Waals surface area contributed by atoms with E-state index in [0.29, 0.717) is 23.7 Å². The van der Waals surface area contributed by atoms with Crippen LogP contribution in [0.3, 0.4) is 0 Å². The van der Waals surface area contributed by atoms with E-state index in [0.717, 1.165) is 6.42 Å². The lowest BCUT2D eigenvalue weighted by Crippen LogP contribution is -2.37. The Hall–Kier alpha value is -1.99. The van der Waals surface area contributed by atoms with E-state index in [9.17, 15) is 9.59 Å². The van der Waals surface area contributed by atoms with E-state index in [1.807, 2.05) is 6.92 Å². The number of hydrogen-bond acceptors (Lipinski definition) is 5. The quantitative estimate of drug-likeness (QED) is 0.709. The Morgan fingerprint density at radius 3 is 2.43 bits per heavy atom. The number of ether oxygens (including phenoxy) is 2. The van der Waals surface area contributed by atoms with Crippen LogP contribution in [0, 0.1) is 0 Å². The van der Waals surface area contributed by atoms with Crippen LogP contribution in [0.1, 0.15) is 13.3 Å². The van der Waals surface area contributed by atoms with E-state index in [2.05, 4.69) is 5.32 Å². The van der Waals surface area contributed by atoms with Crippen LogP contribution in [0.5, 0.6) is 11.5 Å². The Kier molecular flexibility index (Phi) is 9.76. The van der Waals surface area contributed by atoms with E-state index in [4.69, 9.17) is 14.6 Å². The fraction of sp³-hybridized carbons (Fsp3) is 0.467. The van der Waals surface area contributed by atoms with Crippen LogP contribution in [0.25, 0.3) is 0 Å². The van der Waals surface area contributed by atoms with Crippen molar-refractivity contribution in [1.82, 2.24) is 4.90 Å². The van der Waals surface area contributed by atoms with E-state index in [1.54, 1.807) is 23.1 Å². The molecule has 0 saturated carbocycles. The zero-order valence-corrected chi connectivity index (χ0v) is 14.3. The van der Waals surface area contributed by atoms with Gasteiger partial charge in [0.15, 0.2) is 0 Å². The van der Waals surface area contributed by atoms with Gasteiger partial charge in [-0.1, -0.05) is 6.92 Å². The van der Waals surface area contributed by atoms with Gasteiger partial charge in [0.05, 0.1) is 33.0 Å².